The van der Waals surface area contributed by atoms with Crippen LogP contribution in [0.15, 0.2) is 56.4 Å². The second-order valence-corrected chi connectivity index (χ2v) is 12.7. The predicted molar refractivity (Wildman–Crippen MR) is 136 cm³/mol. The van der Waals surface area contributed by atoms with Gasteiger partial charge in [0.1, 0.15) is 5.69 Å². The number of aromatic nitrogens is 2. The Morgan fingerprint density at radius 1 is 0.949 bits per heavy atom. The van der Waals surface area contributed by atoms with Crippen molar-refractivity contribution in [2.45, 2.75) is 48.0 Å². The fourth-order valence-electron chi connectivity index (χ4n) is 3.64. The van der Waals surface area contributed by atoms with E-state index in [-0.39, 0.29) is 38.0 Å². The van der Waals surface area contributed by atoms with E-state index in [0.717, 1.165) is 33.2 Å². The SMILES string of the molecule is Cc1ccc(S(=O)(=O)Nc2nc(=O)n3c(C)c(C)sc(SCc4cc(C(F)(F)F)cc(C(F)(F)F)c4)c2-3)cc1. The number of rotatable bonds is 6. The Kier molecular flexibility index (Phi) is 7.55. The maximum absolute atomic E-state index is 13.3. The van der Waals surface area contributed by atoms with Crippen LogP contribution in [-0.4, -0.2) is 18.0 Å². The highest BCUT2D eigenvalue weighted by molar-refractivity contribution is 8.00. The van der Waals surface area contributed by atoms with Crippen LogP contribution in [0.4, 0.5) is 32.2 Å². The highest BCUT2D eigenvalue weighted by Crippen LogP contribution is 2.41. The lowest BCUT2D eigenvalue weighted by atomic mass is 10.1. The Hall–Kier alpha value is -3.04. The molecule has 1 N–H and O–H groups in total. The average molecular weight is 608 g/mol. The molecule has 0 spiro atoms. The third-order valence-electron chi connectivity index (χ3n) is 5.71. The normalized spacial score (nSPS) is 12.7. The van der Waals surface area contributed by atoms with E-state index in [1.54, 1.807) is 32.9 Å². The Morgan fingerprint density at radius 3 is 2.05 bits per heavy atom. The van der Waals surface area contributed by atoms with Crippen LogP contribution in [-0.2, 0) is 28.1 Å². The van der Waals surface area contributed by atoms with E-state index >= 15 is 0 Å². The van der Waals surface area contributed by atoms with Gasteiger partial charge in [-0.1, -0.05) is 17.7 Å². The van der Waals surface area contributed by atoms with Crippen LogP contribution in [0.25, 0.3) is 5.69 Å². The maximum Gasteiger partial charge on any atom is 0.416 e. The lowest BCUT2D eigenvalue weighted by Crippen LogP contribution is -2.17. The zero-order valence-corrected chi connectivity index (χ0v) is 22.8. The summed E-state index contributed by atoms with van der Waals surface area (Å²) in [5.41, 5.74) is -2.61. The van der Waals surface area contributed by atoms with Gasteiger partial charge in [-0.3, -0.25) is 9.29 Å². The Labute approximate surface area is 227 Å². The summed E-state index contributed by atoms with van der Waals surface area (Å²) in [5, 5.41) is 0. The van der Waals surface area contributed by atoms with Crippen molar-refractivity contribution in [1.29, 1.82) is 0 Å². The predicted octanol–water partition coefficient (Wildman–Crippen LogP) is 6.79. The van der Waals surface area contributed by atoms with E-state index in [1.807, 2.05) is 0 Å². The van der Waals surface area contributed by atoms with Gasteiger partial charge in [-0.15, -0.1) is 23.1 Å². The zero-order chi connectivity index (χ0) is 28.9. The molecule has 0 radical (unpaired) electrons. The molecule has 0 saturated carbocycles. The minimum atomic E-state index is -5.00. The van der Waals surface area contributed by atoms with Gasteiger partial charge in [-0.25, -0.2) is 13.2 Å². The van der Waals surface area contributed by atoms with Gasteiger partial charge in [0.15, 0.2) is 5.82 Å². The molecule has 0 aliphatic carbocycles. The summed E-state index contributed by atoms with van der Waals surface area (Å²) in [6.07, 6.45) is -10.00. The summed E-state index contributed by atoms with van der Waals surface area (Å²) in [5.74, 6) is -0.631. The smallest absolute Gasteiger partial charge is 0.261 e. The van der Waals surface area contributed by atoms with Crippen LogP contribution < -0.4 is 10.4 Å². The molecule has 39 heavy (non-hydrogen) atoms. The summed E-state index contributed by atoms with van der Waals surface area (Å²) in [6.45, 7) is 5.05. The summed E-state index contributed by atoms with van der Waals surface area (Å²) in [7, 11) is -4.18. The molecule has 2 aromatic rings. The molecule has 6 nitrogen and oxygen atoms in total. The van der Waals surface area contributed by atoms with Crippen LogP contribution >= 0.6 is 23.1 Å². The maximum atomic E-state index is 13.3. The minimum absolute atomic E-state index is 0.0453. The van der Waals surface area contributed by atoms with Gasteiger partial charge in [0.05, 0.1) is 20.2 Å². The quantitative estimate of drug-likeness (QED) is 0.193. The number of fused-ring (bicyclic) bond motifs is 1. The second-order valence-electron chi connectivity index (χ2n) is 8.58. The van der Waals surface area contributed by atoms with Crippen molar-refractivity contribution < 1.29 is 34.8 Å². The van der Waals surface area contributed by atoms with Gasteiger partial charge in [-0.2, -0.15) is 31.3 Å². The number of aryl methyl sites for hydroxylation is 2. The van der Waals surface area contributed by atoms with Crippen LogP contribution in [0.2, 0.25) is 0 Å². The molecule has 0 atom stereocenters. The topological polar surface area (TPSA) is 81.1 Å². The van der Waals surface area contributed by atoms with E-state index in [9.17, 15) is 39.6 Å². The monoisotopic (exact) mass is 607 g/mol. The lowest BCUT2D eigenvalue weighted by molar-refractivity contribution is -0.143. The molecular formula is C24H19F6N3O3S3. The molecule has 208 valence electrons. The highest BCUT2D eigenvalue weighted by Gasteiger charge is 2.37. The zero-order valence-electron chi connectivity index (χ0n) is 20.4. The van der Waals surface area contributed by atoms with E-state index in [0.29, 0.717) is 22.7 Å². The van der Waals surface area contributed by atoms with Crippen molar-refractivity contribution in [2.75, 3.05) is 4.72 Å². The van der Waals surface area contributed by atoms with Gasteiger partial charge >= 0.3 is 18.0 Å². The first-order valence-corrected chi connectivity index (χ1v) is 14.3. The van der Waals surface area contributed by atoms with Gasteiger partial charge in [0, 0.05) is 16.3 Å². The number of hydrogen-bond acceptors (Lipinski definition) is 6. The number of sulfonamides is 1. The molecule has 2 heterocycles. The number of hydrogen-bond donors (Lipinski definition) is 1. The van der Waals surface area contributed by atoms with Crippen LogP contribution in [0, 0.1) is 20.8 Å². The number of imidazole rings is 1. The summed E-state index contributed by atoms with van der Waals surface area (Å²) in [4.78, 5) is 17.1. The van der Waals surface area contributed by atoms with Crippen molar-refractivity contribution in [3.05, 3.63) is 85.8 Å². The molecule has 0 unspecified atom stereocenters. The first-order chi connectivity index (χ1) is 18.0. The van der Waals surface area contributed by atoms with Crippen LogP contribution in [0.1, 0.15) is 32.8 Å². The van der Waals surface area contributed by atoms with E-state index in [4.69, 9.17) is 0 Å². The molecule has 0 fully saturated rings. The number of nitrogens with one attached hydrogen (secondary N) is 1. The largest absolute Gasteiger partial charge is 0.416 e. The van der Waals surface area contributed by atoms with Crippen LogP contribution in [0.5, 0.6) is 0 Å². The molecule has 4 rings (SSSR count). The first kappa shape index (κ1) is 29.0. The molecule has 2 aliphatic heterocycles. The number of thioether (sulfide) groups is 1. The Balaban J connectivity index is 1.77. The molecule has 0 saturated heterocycles. The molecule has 0 bridgehead atoms. The minimum Gasteiger partial charge on any atom is -0.261 e. The third kappa shape index (κ3) is 6.09. The van der Waals surface area contributed by atoms with Crippen molar-refractivity contribution in [3.63, 3.8) is 0 Å². The number of alkyl halides is 6. The van der Waals surface area contributed by atoms with Crippen LogP contribution in [0.3, 0.4) is 0 Å². The summed E-state index contributed by atoms with van der Waals surface area (Å²) in [6, 6.07) is 7.20. The fourth-order valence-corrected chi connectivity index (χ4v) is 7.03. The number of nitrogens with zero attached hydrogens (tertiary/aromatic N) is 2. The Bertz CT molecular complexity index is 1640. The van der Waals surface area contributed by atoms with Gasteiger partial charge in [-0.05, 0) is 56.7 Å². The molecule has 2 aromatic carbocycles. The standard InChI is InChI=1S/C24H19F6N3O3S3/c1-12-4-6-18(7-5-12)39(35,36)32-20-19-21(38-14(3)13(2)33(19)22(34)31-20)37-11-15-8-16(23(25,26)27)10-17(9-15)24(28,29)30/h4-10H,11H2,1-3H3,(H,31,32,34). The van der Waals surface area contributed by atoms with E-state index in [1.165, 1.54) is 12.1 Å². The van der Waals surface area contributed by atoms with Crippen molar-refractivity contribution in [3.8, 4) is 5.69 Å². The highest BCUT2D eigenvalue weighted by atomic mass is 32.2. The third-order valence-corrected chi connectivity index (χ3v) is 9.58. The molecule has 2 aliphatic rings. The lowest BCUT2D eigenvalue weighted by Gasteiger charge is -2.17. The summed E-state index contributed by atoms with van der Waals surface area (Å²) >= 11 is 1.97. The second kappa shape index (κ2) is 10.2. The molecular weight excluding hydrogens is 588 g/mol. The molecule has 15 heteroatoms. The number of anilines is 1. The van der Waals surface area contributed by atoms with E-state index in [2.05, 4.69) is 9.71 Å². The van der Waals surface area contributed by atoms with Crippen molar-refractivity contribution in [2.24, 2.45) is 0 Å². The van der Waals surface area contributed by atoms with Gasteiger partial charge < -0.3 is 0 Å². The average Bonchev–Trinajstić information content (AvgIpc) is 3.14. The first-order valence-electron chi connectivity index (χ1n) is 11.0. The Morgan fingerprint density at radius 2 is 1.51 bits per heavy atom. The molecule has 0 aromatic heterocycles. The van der Waals surface area contributed by atoms with Gasteiger partial charge in [0.25, 0.3) is 10.0 Å². The van der Waals surface area contributed by atoms with E-state index < -0.39 is 39.2 Å². The van der Waals surface area contributed by atoms with Crippen molar-refractivity contribution in [1.82, 2.24) is 9.55 Å². The number of halogens is 6. The van der Waals surface area contributed by atoms with Crippen molar-refractivity contribution >= 4 is 38.9 Å². The fraction of sp³-hybridized carbons (Fsp3) is 0.250. The summed E-state index contributed by atoms with van der Waals surface area (Å²) < 4.78 is 110. The molecule has 0 amide bonds. The number of benzene rings is 2. The van der Waals surface area contributed by atoms with Gasteiger partial charge in [0.2, 0.25) is 0 Å².